The molecule has 2 aromatic rings. The lowest BCUT2D eigenvalue weighted by Crippen LogP contribution is -2.43. The van der Waals surface area contributed by atoms with Gasteiger partial charge in [0.25, 0.3) is 0 Å². The number of hydrazine groups is 1. The lowest BCUT2D eigenvalue weighted by atomic mass is 10.0. The summed E-state index contributed by atoms with van der Waals surface area (Å²) >= 11 is 3.39. The molecule has 3 rings (SSSR count). The monoisotopic (exact) mass is 385 g/mol. The normalized spacial score (nSPS) is 20.4. The quantitative estimate of drug-likeness (QED) is 0.706. The van der Waals surface area contributed by atoms with Crippen LogP contribution in [0.5, 0.6) is 0 Å². The highest BCUT2D eigenvalue weighted by atomic mass is 79.9. The number of benzene rings is 2. The van der Waals surface area contributed by atoms with E-state index in [9.17, 15) is 4.79 Å². The SMILES string of the molecule is Cc1ccc(C2CC(NC(=O)/C=C/c3ccc(Br)cc3)NN2)cc1. The minimum absolute atomic E-state index is 0.0848. The number of carbonyl (C=O) groups excluding carboxylic acids is 1. The number of halogens is 1. The van der Waals surface area contributed by atoms with Crippen molar-refractivity contribution in [3.63, 3.8) is 0 Å². The molecule has 4 nitrogen and oxygen atoms in total. The van der Waals surface area contributed by atoms with E-state index in [0.717, 1.165) is 16.5 Å². The summed E-state index contributed by atoms with van der Waals surface area (Å²) in [5, 5.41) is 2.96. The summed E-state index contributed by atoms with van der Waals surface area (Å²) in [6, 6.07) is 16.4. The molecule has 0 bridgehead atoms. The highest BCUT2D eigenvalue weighted by Crippen LogP contribution is 2.21. The van der Waals surface area contributed by atoms with E-state index in [1.54, 1.807) is 6.08 Å². The third-order valence-electron chi connectivity index (χ3n) is 4.00. The fourth-order valence-corrected chi connectivity index (χ4v) is 2.90. The number of aryl methyl sites for hydroxylation is 1. The van der Waals surface area contributed by atoms with Crippen molar-refractivity contribution in [3.05, 3.63) is 75.8 Å². The maximum atomic E-state index is 12.1. The minimum Gasteiger partial charge on any atom is -0.336 e. The van der Waals surface area contributed by atoms with Gasteiger partial charge in [0.2, 0.25) is 5.91 Å². The van der Waals surface area contributed by atoms with E-state index in [-0.39, 0.29) is 18.1 Å². The lowest BCUT2D eigenvalue weighted by molar-refractivity contribution is -0.117. The first kappa shape index (κ1) is 16.9. The van der Waals surface area contributed by atoms with Gasteiger partial charge in [-0.1, -0.05) is 57.9 Å². The van der Waals surface area contributed by atoms with Gasteiger partial charge in [-0.15, -0.1) is 0 Å². The second kappa shape index (κ2) is 7.75. The highest BCUT2D eigenvalue weighted by Gasteiger charge is 2.25. The van der Waals surface area contributed by atoms with Crippen LogP contribution in [-0.2, 0) is 4.79 Å². The topological polar surface area (TPSA) is 53.2 Å². The predicted molar refractivity (Wildman–Crippen MR) is 99.9 cm³/mol. The Bertz CT molecular complexity index is 725. The van der Waals surface area contributed by atoms with E-state index < -0.39 is 0 Å². The summed E-state index contributed by atoms with van der Waals surface area (Å²) < 4.78 is 1.02. The van der Waals surface area contributed by atoms with Crippen molar-refractivity contribution in [3.8, 4) is 0 Å². The molecule has 5 heteroatoms. The Balaban J connectivity index is 1.52. The molecular formula is C19H20BrN3O. The van der Waals surface area contributed by atoms with E-state index in [2.05, 4.69) is 63.3 Å². The van der Waals surface area contributed by atoms with Crippen molar-refractivity contribution in [2.45, 2.75) is 25.6 Å². The average Bonchev–Trinajstić information content (AvgIpc) is 3.03. The third-order valence-corrected chi connectivity index (χ3v) is 4.53. The van der Waals surface area contributed by atoms with E-state index >= 15 is 0 Å². The van der Waals surface area contributed by atoms with Crippen LogP contribution in [0.3, 0.4) is 0 Å². The number of hydrogen-bond donors (Lipinski definition) is 3. The molecule has 2 atom stereocenters. The van der Waals surface area contributed by atoms with Gasteiger partial charge >= 0.3 is 0 Å². The van der Waals surface area contributed by atoms with E-state index in [0.29, 0.717) is 0 Å². The molecule has 1 aliphatic rings. The molecule has 124 valence electrons. The first-order chi connectivity index (χ1) is 11.6. The molecule has 1 saturated heterocycles. The number of rotatable bonds is 4. The Labute approximate surface area is 150 Å². The van der Waals surface area contributed by atoms with E-state index in [1.165, 1.54) is 11.1 Å². The minimum atomic E-state index is -0.109. The molecule has 0 aromatic heterocycles. The molecule has 3 N–H and O–H groups in total. The summed E-state index contributed by atoms with van der Waals surface area (Å²) in [6.45, 7) is 2.07. The third kappa shape index (κ3) is 4.54. The van der Waals surface area contributed by atoms with Gasteiger partial charge in [0, 0.05) is 23.0 Å². The summed E-state index contributed by atoms with van der Waals surface area (Å²) in [5.41, 5.74) is 9.82. The highest BCUT2D eigenvalue weighted by molar-refractivity contribution is 9.10. The number of carbonyl (C=O) groups is 1. The molecular weight excluding hydrogens is 366 g/mol. The number of hydrogen-bond acceptors (Lipinski definition) is 3. The van der Waals surface area contributed by atoms with Gasteiger partial charge in [-0.25, -0.2) is 10.9 Å². The van der Waals surface area contributed by atoms with E-state index in [4.69, 9.17) is 0 Å². The zero-order valence-electron chi connectivity index (χ0n) is 13.4. The fraction of sp³-hybridized carbons (Fsp3) is 0.211. The van der Waals surface area contributed by atoms with Gasteiger partial charge in [-0.05, 0) is 36.3 Å². The van der Waals surface area contributed by atoms with Gasteiger partial charge in [0.15, 0.2) is 0 Å². The van der Waals surface area contributed by atoms with Gasteiger partial charge in [-0.3, -0.25) is 4.79 Å². The van der Waals surface area contributed by atoms with Crippen molar-refractivity contribution in [2.75, 3.05) is 0 Å². The Kier molecular flexibility index (Phi) is 5.45. The molecule has 1 amide bonds. The van der Waals surface area contributed by atoms with E-state index in [1.807, 2.05) is 30.3 Å². The van der Waals surface area contributed by atoms with Crippen molar-refractivity contribution in [2.24, 2.45) is 0 Å². The molecule has 1 fully saturated rings. The van der Waals surface area contributed by atoms with Crippen LogP contribution < -0.4 is 16.2 Å². The van der Waals surface area contributed by atoms with Crippen LogP contribution in [0.15, 0.2) is 59.1 Å². The Morgan fingerprint density at radius 2 is 1.83 bits per heavy atom. The molecule has 24 heavy (non-hydrogen) atoms. The standard InChI is InChI=1S/C19H20BrN3O/c1-13-2-7-15(8-3-13)17-12-18(23-22-17)21-19(24)11-6-14-4-9-16(20)10-5-14/h2-11,17-18,22-23H,12H2,1H3,(H,21,24)/b11-6+. The van der Waals surface area contributed by atoms with Crippen molar-refractivity contribution in [1.29, 1.82) is 0 Å². The molecule has 2 aromatic carbocycles. The second-order valence-electron chi connectivity index (χ2n) is 5.93. The van der Waals surface area contributed by atoms with Crippen LogP contribution in [-0.4, -0.2) is 12.1 Å². The van der Waals surface area contributed by atoms with Crippen molar-refractivity contribution < 1.29 is 4.79 Å². The van der Waals surface area contributed by atoms with Crippen LogP contribution in [0.2, 0.25) is 0 Å². The summed E-state index contributed by atoms with van der Waals surface area (Å²) in [7, 11) is 0. The van der Waals surface area contributed by atoms with Crippen molar-refractivity contribution in [1.82, 2.24) is 16.2 Å². The van der Waals surface area contributed by atoms with Crippen molar-refractivity contribution >= 4 is 27.9 Å². The van der Waals surface area contributed by atoms with Gasteiger partial charge in [0.1, 0.15) is 0 Å². The summed E-state index contributed by atoms with van der Waals surface area (Å²) in [6.07, 6.45) is 4.09. The fourth-order valence-electron chi connectivity index (χ4n) is 2.63. The largest absolute Gasteiger partial charge is 0.336 e. The average molecular weight is 386 g/mol. The van der Waals surface area contributed by atoms with Crippen LogP contribution in [0, 0.1) is 6.92 Å². The maximum Gasteiger partial charge on any atom is 0.245 e. The van der Waals surface area contributed by atoms with Gasteiger partial charge < -0.3 is 5.32 Å². The lowest BCUT2D eigenvalue weighted by Gasteiger charge is -2.10. The molecule has 2 unspecified atom stereocenters. The first-order valence-corrected chi connectivity index (χ1v) is 8.71. The molecule has 0 radical (unpaired) electrons. The maximum absolute atomic E-state index is 12.1. The van der Waals surface area contributed by atoms with Crippen LogP contribution in [0.4, 0.5) is 0 Å². The zero-order chi connectivity index (χ0) is 16.9. The molecule has 1 heterocycles. The van der Waals surface area contributed by atoms with Gasteiger partial charge in [0.05, 0.1) is 6.17 Å². The number of amides is 1. The summed E-state index contributed by atoms with van der Waals surface area (Å²) in [4.78, 5) is 12.1. The molecule has 1 aliphatic heterocycles. The predicted octanol–water partition coefficient (Wildman–Crippen LogP) is 3.45. The Hall–Kier alpha value is -1.95. The Morgan fingerprint density at radius 3 is 2.54 bits per heavy atom. The Morgan fingerprint density at radius 1 is 1.12 bits per heavy atom. The smallest absolute Gasteiger partial charge is 0.245 e. The van der Waals surface area contributed by atoms with Gasteiger partial charge in [-0.2, -0.15) is 0 Å². The molecule has 0 spiro atoms. The van der Waals surface area contributed by atoms with Crippen LogP contribution >= 0.6 is 15.9 Å². The number of nitrogens with one attached hydrogen (secondary N) is 3. The zero-order valence-corrected chi connectivity index (χ0v) is 15.0. The van der Waals surface area contributed by atoms with Crippen LogP contribution in [0.25, 0.3) is 6.08 Å². The van der Waals surface area contributed by atoms with Crippen LogP contribution in [0.1, 0.15) is 29.2 Å². The second-order valence-corrected chi connectivity index (χ2v) is 6.85. The molecule has 0 saturated carbocycles. The molecule has 0 aliphatic carbocycles. The summed E-state index contributed by atoms with van der Waals surface area (Å²) in [5.74, 6) is -0.109. The first-order valence-electron chi connectivity index (χ1n) is 7.92.